The van der Waals surface area contributed by atoms with E-state index >= 15 is 0 Å². The van der Waals surface area contributed by atoms with Gasteiger partial charge in [0.05, 0.1) is 29.1 Å². The van der Waals surface area contributed by atoms with Crippen LogP contribution >= 0.6 is 11.8 Å². The van der Waals surface area contributed by atoms with Crippen molar-refractivity contribution < 1.29 is 28.4 Å². The predicted molar refractivity (Wildman–Crippen MR) is 125 cm³/mol. The van der Waals surface area contributed by atoms with Gasteiger partial charge in [0, 0.05) is 23.2 Å². The average Bonchev–Trinajstić information content (AvgIpc) is 3.28. The summed E-state index contributed by atoms with van der Waals surface area (Å²) < 4.78 is 15.7. The number of carbonyl (C=O) groups is 3. The number of aryl methyl sites for hydroxylation is 3. The predicted octanol–water partition coefficient (Wildman–Crippen LogP) is 4.53. The zero-order valence-corrected chi connectivity index (χ0v) is 20.8. The number of carbonyl (C=O) groups excluding carboxylic acids is 3. The third kappa shape index (κ3) is 5.22. The molecule has 9 nitrogen and oxygen atoms in total. The van der Waals surface area contributed by atoms with E-state index in [1.54, 1.807) is 39.1 Å². The van der Waals surface area contributed by atoms with E-state index in [9.17, 15) is 14.4 Å². The zero-order chi connectivity index (χ0) is 25.0. The minimum atomic E-state index is -1.08. The molecule has 0 amide bonds. The van der Waals surface area contributed by atoms with Crippen LogP contribution in [-0.2, 0) is 15.2 Å². The quantitative estimate of drug-likeness (QED) is 0.264. The number of esters is 2. The van der Waals surface area contributed by atoms with Crippen LogP contribution in [0.2, 0.25) is 0 Å². The van der Waals surface area contributed by atoms with Gasteiger partial charge < -0.3 is 19.0 Å². The standard InChI is InChI=1S/C24H27N3O6S/c1-7-31-24(30)19-12(2)20(26-14(19)4)21(28)16(6)32-23(29)17-9-8-10-25-22(17)34-11-18-13(3)27-33-15(18)5/h8-10,16,26H,7,11H2,1-6H3. The maximum Gasteiger partial charge on any atom is 0.341 e. The minimum absolute atomic E-state index is 0.208. The van der Waals surface area contributed by atoms with E-state index < -0.39 is 23.8 Å². The monoisotopic (exact) mass is 485 g/mol. The molecular formula is C24H27N3O6S. The molecule has 1 N–H and O–H groups in total. The fourth-order valence-corrected chi connectivity index (χ4v) is 4.63. The number of hydrogen-bond acceptors (Lipinski definition) is 9. The van der Waals surface area contributed by atoms with Gasteiger partial charge in [-0.2, -0.15) is 0 Å². The first-order valence-corrected chi connectivity index (χ1v) is 11.7. The molecule has 180 valence electrons. The van der Waals surface area contributed by atoms with Crippen LogP contribution in [0.1, 0.15) is 73.3 Å². The molecule has 0 aliphatic rings. The van der Waals surface area contributed by atoms with E-state index in [4.69, 9.17) is 14.0 Å². The Labute approximate surface area is 201 Å². The van der Waals surface area contributed by atoms with E-state index in [1.165, 1.54) is 18.7 Å². The van der Waals surface area contributed by atoms with Crippen molar-refractivity contribution in [3.8, 4) is 0 Å². The van der Waals surface area contributed by atoms with E-state index in [2.05, 4.69) is 15.1 Å². The fraction of sp³-hybridized carbons (Fsp3) is 0.375. The van der Waals surface area contributed by atoms with Gasteiger partial charge in [0.1, 0.15) is 10.8 Å². The molecule has 0 aromatic carbocycles. The lowest BCUT2D eigenvalue weighted by atomic mass is 10.1. The molecule has 34 heavy (non-hydrogen) atoms. The normalized spacial score (nSPS) is 11.8. The van der Waals surface area contributed by atoms with E-state index in [1.807, 2.05) is 13.8 Å². The Morgan fingerprint density at radius 3 is 2.56 bits per heavy atom. The van der Waals surface area contributed by atoms with Crippen LogP contribution in [-0.4, -0.2) is 45.6 Å². The van der Waals surface area contributed by atoms with Crippen LogP contribution in [0.15, 0.2) is 27.9 Å². The maximum absolute atomic E-state index is 13.0. The minimum Gasteiger partial charge on any atom is -0.462 e. The van der Waals surface area contributed by atoms with Gasteiger partial charge >= 0.3 is 11.9 Å². The molecule has 3 aromatic heterocycles. The molecule has 0 radical (unpaired) electrons. The van der Waals surface area contributed by atoms with Gasteiger partial charge in [0.25, 0.3) is 0 Å². The van der Waals surface area contributed by atoms with Crippen molar-refractivity contribution in [1.82, 2.24) is 15.1 Å². The smallest absolute Gasteiger partial charge is 0.341 e. The summed E-state index contributed by atoms with van der Waals surface area (Å²) >= 11 is 1.35. The molecule has 3 rings (SSSR count). The third-order valence-electron chi connectivity index (χ3n) is 5.34. The largest absolute Gasteiger partial charge is 0.462 e. The SMILES string of the molecule is CCOC(=O)c1c(C)[nH]c(C(=O)C(C)OC(=O)c2cccnc2SCc2c(C)noc2C)c1C. The van der Waals surface area contributed by atoms with Crippen molar-refractivity contribution in [1.29, 1.82) is 0 Å². The molecular weight excluding hydrogens is 458 g/mol. The first-order chi connectivity index (χ1) is 16.1. The summed E-state index contributed by atoms with van der Waals surface area (Å²) in [5.74, 6) is -0.388. The number of pyridine rings is 1. The maximum atomic E-state index is 13.0. The zero-order valence-electron chi connectivity index (χ0n) is 20.0. The summed E-state index contributed by atoms with van der Waals surface area (Å²) in [6.07, 6.45) is 0.503. The van der Waals surface area contributed by atoms with Gasteiger partial charge in [-0.15, -0.1) is 11.8 Å². The van der Waals surface area contributed by atoms with E-state index in [-0.39, 0.29) is 17.9 Å². The second kappa shape index (κ2) is 10.7. The number of H-pyrrole nitrogens is 1. The van der Waals surface area contributed by atoms with Gasteiger partial charge in [0.15, 0.2) is 6.10 Å². The number of ether oxygens (including phenoxy) is 2. The highest BCUT2D eigenvalue weighted by atomic mass is 32.2. The number of ketones is 1. The molecule has 0 bridgehead atoms. The second-order valence-electron chi connectivity index (χ2n) is 7.70. The van der Waals surface area contributed by atoms with Gasteiger partial charge in [-0.25, -0.2) is 14.6 Å². The number of thioether (sulfide) groups is 1. The molecule has 10 heteroatoms. The Morgan fingerprint density at radius 1 is 1.18 bits per heavy atom. The molecule has 0 aliphatic carbocycles. The second-order valence-corrected chi connectivity index (χ2v) is 8.67. The van der Waals surface area contributed by atoms with Gasteiger partial charge in [-0.3, -0.25) is 4.79 Å². The van der Waals surface area contributed by atoms with Crippen LogP contribution in [0, 0.1) is 27.7 Å². The molecule has 0 aliphatic heterocycles. The molecule has 0 saturated carbocycles. The number of aromatic amines is 1. The molecule has 3 aromatic rings. The van der Waals surface area contributed by atoms with Crippen molar-refractivity contribution in [3.05, 3.63) is 63.4 Å². The number of rotatable bonds is 9. The Kier molecular flexibility index (Phi) is 7.93. The average molecular weight is 486 g/mol. The van der Waals surface area contributed by atoms with Crippen LogP contribution in [0.4, 0.5) is 0 Å². The van der Waals surface area contributed by atoms with Crippen molar-refractivity contribution >= 4 is 29.5 Å². The number of nitrogens with zero attached hydrogens (tertiary/aromatic N) is 2. The van der Waals surface area contributed by atoms with Crippen LogP contribution in [0.3, 0.4) is 0 Å². The van der Waals surface area contributed by atoms with Gasteiger partial charge in [-0.05, 0) is 59.2 Å². The number of Topliss-reactive ketones (excluding diaryl/α,β-unsaturated/α-hetero) is 1. The molecule has 0 saturated heterocycles. The van der Waals surface area contributed by atoms with Crippen molar-refractivity contribution in [2.45, 2.75) is 58.4 Å². The topological polar surface area (TPSA) is 124 Å². The molecule has 0 spiro atoms. The van der Waals surface area contributed by atoms with Crippen molar-refractivity contribution in [3.63, 3.8) is 0 Å². The summed E-state index contributed by atoms with van der Waals surface area (Å²) in [5.41, 5.74) is 3.47. The molecule has 1 unspecified atom stereocenters. The Balaban J connectivity index is 1.75. The fourth-order valence-electron chi connectivity index (χ4n) is 3.50. The van der Waals surface area contributed by atoms with E-state index in [0.717, 1.165) is 11.3 Å². The van der Waals surface area contributed by atoms with Gasteiger partial charge in [0.2, 0.25) is 5.78 Å². The summed E-state index contributed by atoms with van der Waals surface area (Å²) in [7, 11) is 0. The Bertz CT molecular complexity index is 1210. The Hall–Kier alpha value is -3.40. The summed E-state index contributed by atoms with van der Waals surface area (Å²) in [6, 6.07) is 3.23. The number of aromatic nitrogens is 3. The number of hydrogen-bond donors (Lipinski definition) is 1. The molecule has 0 fully saturated rings. The molecule has 3 heterocycles. The van der Waals surface area contributed by atoms with Gasteiger partial charge in [-0.1, -0.05) is 5.16 Å². The summed E-state index contributed by atoms with van der Waals surface area (Å²) in [5, 5.41) is 4.42. The number of nitrogens with one attached hydrogen (secondary N) is 1. The first-order valence-electron chi connectivity index (χ1n) is 10.8. The highest BCUT2D eigenvalue weighted by Crippen LogP contribution is 2.28. The lowest BCUT2D eigenvalue weighted by Crippen LogP contribution is -2.25. The van der Waals surface area contributed by atoms with Crippen molar-refractivity contribution in [2.75, 3.05) is 6.61 Å². The summed E-state index contributed by atoms with van der Waals surface area (Å²) in [4.78, 5) is 45.4. The van der Waals surface area contributed by atoms with Crippen molar-refractivity contribution in [2.24, 2.45) is 0 Å². The molecule has 1 atom stereocenters. The lowest BCUT2D eigenvalue weighted by Gasteiger charge is -2.14. The Morgan fingerprint density at radius 2 is 1.91 bits per heavy atom. The highest BCUT2D eigenvalue weighted by Gasteiger charge is 2.28. The lowest BCUT2D eigenvalue weighted by molar-refractivity contribution is 0.0312. The summed E-state index contributed by atoms with van der Waals surface area (Å²) in [6.45, 7) is 10.4. The highest BCUT2D eigenvalue weighted by molar-refractivity contribution is 7.98. The van der Waals surface area contributed by atoms with Crippen LogP contribution in [0.25, 0.3) is 0 Å². The third-order valence-corrected chi connectivity index (χ3v) is 6.37. The van der Waals surface area contributed by atoms with Crippen LogP contribution < -0.4 is 0 Å². The first kappa shape index (κ1) is 25.2. The van der Waals surface area contributed by atoms with Crippen LogP contribution in [0.5, 0.6) is 0 Å². The van der Waals surface area contributed by atoms with E-state index in [0.29, 0.717) is 33.4 Å².